The molecule has 0 radical (unpaired) electrons. The standard InChI is InChI=1S/C17H25NO3/c1-13-7-3-4-8-14(13)18-17(19)11-12-21-16-10-6-5-9-15(16)20-2/h5-6,9-10,13-14H,3-4,7-8,11-12H2,1-2H3,(H,18,19). The summed E-state index contributed by atoms with van der Waals surface area (Å²) in [5, 5.41) is 3.13. The van der Waals surface area contributed by atoms with Crippen LogP contribution in [0, 0.1) is 5.92 Å². The van der Waals surface area contributed by atoms with Crippen LogP contribution in [0.3, 0.4) is 0 Å². The van der Waals surface area contributed by atoms with E-state index in [2.05, 4.69) is 12.2 Å². The first kappa shape index (κ1) is 15.7. The van der Waals surface area contributed by atoms with Crippen molar-refractivity contribution in [3.05, 3.63) is 24.3 Å². The van der Waals surface area contributed by atoms with E-state index >= 15 is 0 Å². The molecule has 21 heavy (non-hydrogen) atoms. The molecule has 1 aromatic carbocycles. The van der Waals surface area contributed by atoms with Crippen LogP contribution < -0.4 is 14.8 Å². The van der Waals surface area contributed by atoms with E-state index in [9.17, 15) is 4.79 Å². The molecule has 0 heterocycles. The predicted molar refractivity (Wildman–Crippen MR) is 82.7 cm³/mol. The number of ether oxygens (including phenoxy) is 2. The Labute approximate surface area is 126 Å². The summed E-state index contributed by atoms with van der Waals surface area (Å²) in [5.74, 6) is 2.03. The molecule has 2 atom stereocenters. The molecular weight excluding hydrogens is 266 g/mol. The first-order valence-electron chi connectivity index (χ1n) is 7.76. The van der Waals surface area contributed by atoms with Gasteiger partial charge in [-0.1, -0.05) is 31.9 Å². The molecule has 1 aliphatic rings. The van der Waals surface area contributed by atoms with Crippen molar-refractivity contribution >= 4 is 5.91 Å². The number of amides is 1. The summed E-state index contributed by atoms with van der Waals surface area (Å²) < 4.78 is 10.8. The molecule has 4 heteroatoms. The van der Waals surface area contributed by atoms with Crippen molar-refractivity contribution in [2.45, 2.75) is 45.1 Å². The first-order valence-corrected chi connectivity index (χ1v) is 7.76. The molecule has 1 aliphatic carbocycles. The van der Waals surface area contributed by atoms with Crippen molar-refractivity contribution in [3.63, 3.8) is 0 Å². The van der Waals surface area contributed by atoms with E-state index in [0.717, 1.165) is 6.42 Å². The lowest BCUT2D eigenvalue weighted by Crippen LogP contribution is -2.41. The first-order chi connectivity index (χ1) is 10.2. The molecule has 0 spiro atoms. The molecule has 1 aromatic rings. The Morgan fingerprint density at radius 1 is 1.24 bits per heavy atom. The quantitative estimate of drug-likeness (QED) is 0.876. The van der Waals surface area contributed by atoms with Gasteiger partial charge < -0.3 is 14.8 Å². The Morgan fingerprint density at radius 2 is 1.95 bits per heavy atom. The lowest BCUT2D eigenvalue weighted by atomic mass is 9.86. The molecule has 1 N–H and O–H groups in total. The second kappa shape index (κ2) is 7.91. The molecule has 2 rings (SSSR count). The third-order valence-corrected chi connectivity index (χ3v) is 4.11. The third-order valence-electron chi connectivity index (χ3n) is 4.11. The van der Waals surface area contributed by atoms with Crippen LogP contribution in [-0.2, 0) is 4.79 Å². The number of rotatable bonds is 6. The number of methoxy groups -OCH3 is 1. The van der Waals surface area contributed by atoms with Gasteiger partial charge >= 0.3 is 0 Å². The van der Waals surface area contributed by atoms with Gasteiger partial charge in [-0.25, -0.2) is 0 Å². The third kappa shape index (κ3) is 4.66. The number of hydrogen-bond acceptors (Lipinski definition) is 3. The Balaban J connectivity index is 1.74. The lowest BCUT2D eigenvalue weighted by Gasteiger charge is -2.29. The molecule has 1 saturated carbocycles. The Hall–Kier alpha value is -1.71. The monoisotopic (exact) mass is 291 g/mol. The SMILES string of the molecule is COc1ccccc1OCCC(=O)NC1CCCCC1C. The molecule has 4 nitrogen and oxygen atoms in total. The van der Waals surface area contributed by atoms with Crippen LogP contribution >= 0.6 is 0 Å². The fourth-order valence-electron chi connectivity index (χ4n) is 2.80. The topological polar surface area (TPSA) is 47.6 Å². The van der Waals surface area contributed by atoms with E-state index in [1.165, 1.54) is 19.3 Å². The summed E-state index contributed by atoms with van der Waals surface area (Å²) in [7, 11) is 1.61. The maximum absolute atomic E-state index is 12.0. The second-order valence-corrected chi connectivity index (χ2v) is 5.69. The maximum atomic E-state index is 12.0. The van der Waals surface area contributed by atoms with Crippen molar-refractivity contribution in [1.82, 2.24) is 5.32 Å². The maximum Gasteiger partial charge on any atom is 0.223 e. The second-order valence-electron chi connectivity index (χ2n) is 5.69. The number of hydrogen-bond donors (Lipinski definition) is 1. The predicted octanol–water partition coefficient (Wildman–Crippen LogP) is 3.16. The zero-order valence-corrected chi connectivity index (χ0v) is 12.9. The average molecular weight is 291 g/mol. The fraction of sp³-hybridized carbons (Fsp3) is 0.588. The summed E-state index contributed by atoms with van der Waals surface area (Å²) in [4.78, 5) is 12.0. The van der Waals surface area contributed by atoms with E-state index < -0.39 is 0 Å². The minimum Gasteiger partial charge on any atom is -0.493 e. The molecule has 0 bridgehead atoms. The molecule has 1 amide bonds. The zero-order chi connectivity index (χ0) is 15.1. The summed E-state index contributed by atoms with van der Waals surface area (Å²) in [6, 6.07) is 7.81. The molecule has 2 unspecified atom stereocenters. The molecule has 0 saturated heterocycles. The molecular formula is C17H25NO3. The van der Waals surface area contributed by atoms with E-state index in [1.807, 2.05) is 24.3 Å². The van der Waals surface area contributed by atoms with Crippen LogP contribution in [0.25, 0.3) is 0 Å². The van der Waals surface area contributed by atoms with Crippen molar-refractivity contribution in [3.8, 4) is 11.5 Å². The zero-order valence-electron chi connectivity index (χ0n) is 12.9. The molecule has 0 aliphatic heterocycles. The van der Waals surface area contributed by atoms with E-state index in [1.54, 1.807) is 7.11 Å². The van der Waals surface area contributed by atoms with Crippen LogP contribution in [0.5, 0.6) is 11.5 Å². The van der Waals surface area contributed by atoms with Crippen LogP contribution in [0.1, 0.15) is 39.0 Å². The van der Waals surface area contributed by atoms with Crippen LogP contribution in [0.4, 0.5) is 0 Å². The van der Waals surface area contributed by atoms with Crippen LogP contribution in [-0.4, -0.2) is 25.7 Å². The summed E-state index contributed by atoms with van der Waals surface area (Å²) in [6.45, 7) is 2.59. The van der Waals surface area contributed by atoms with E-state index in [4.69, 9.17) is 9.47 Å². The van der Waals surface area contributed by atoms with Gasteiger partial charge in [-0.2, -0.15) is 0 Å². The van der Waals surface area contributed by atoms with E-state index in [-0.39, 0.29) is 5.91 Å². The van der Waals surface area contributed by atoms with Gasteiger partial charge in [-0.3, -0.25) is 4.79 Å². The van der Waals surface area contributed by atoms with Crippen molar-refractivity contribution in [1.29, 1.82) is 0 Å². The summed E-state index contributed by atoms with van der Waals surface area (Å²) >= 11 is 0. The van der Waals surface area contributed by atoms with Gasteiger partial charge in [0.2, 0.25) is 5.91 Å². The fourth-order valence-corrected chi connectivity index (χ4v) is 2.80. The summed E-state index contributed by atoms with van der Waals surface area (Å²) in [6.07, 6.45) is 5.18. The van der Waals surface area contributed by atoms with Crippen molar-refractivity contribution < 1.29 is 14.3 Å². The number of carbonyl (C=O) groups is 1. The van der Waals surface area contributed by atoms with Gasteiger partial charge in [0.15, 0.2) is 11.5 Å². The molecule has 116 valence electrons. The number of benzene rings is 1. The Bertz CT molecular complexity index is 461. The molecule has 1 fully saturated rings. The van der Waals surface area contributed by atoms with Gasteiger partial charge in [0.1, 0.15) is 0 Å². The highest BCUT2D eigenvalue weighted by Crippen LogP contribution is 2.26. The number of carbonyl (C=O) groups excluding carboxylic acids is 1. The minimum atomic E-state index is 0.0728. The highest BCUT2D eigenvalue weighted by Gasteiger charge is 2.22. The average Bonchev–Trinajstić information content (AvgIpc) is 2.50. The highest BCUT2D eigenvalue weighted by molar-refractivity contribution is 5.76. The van der Waals surface area contributed by atoms with E-state index in [0.29, 0.717) is 36.5 Å². The smallest absolute Gasteiger partial charge is 0.223 e. The highest BCUT2D eigenvalue weighted by atomic mass is 16.5. The normalized spacial score (nSPS) is 21.6. The minimum absolute atomic E-state index is 0.0728. The van der Waals surface area contributed by atoms with Crippen molar-refractivity contribution in [2.75, 3.05) is 13.7 Å². The van der Waals surface area contributed by atoms with Gasteiger partial charge in [-0.05, 0) is 30.9 Å². The van der Waals surface area contributed by atoms with Crippen LogP contribution in [0.15, 0.2) is 24.3 Å². The number of nitrogens with one attached hydrogen (secondary N) is 1. The largest absolute Gasteiger partial charge is 0.493 e. The van der Waals surface area contributed by atoms with Gasteiger partial charge in [0.25, 0.3) is 0 Å². The number of para-hydroxylation sites is 2. The lowest BCUT2D eigenvalue weighted by molar-refractivity contribution is -0.122. The molecule has 0 aromatic heterocycles. The van der Waals surface area contributed by atoms with Crippen molar-refractivity contribution in [2.24, 2.45) is 5.92 Å². The van der Waals surface area contributed by atoms with Gasteiger partial charge in [0.05, 0.1) is 20.1 Å². The van der Waals surface area contributed by atoms with Crippen LogP contribution in [0.2, 0.25) is 0 Å². The van der Waals surface area contributed by atoms with Gasteiger partial charge in [-0.15, -0.1) is 0 Å². The summed E-state index contributed by atoms with van der Waals surface area (Å²) in [5.41, 5.74) is 0. The Kier molecular flexibility index (Phi) is 5.90. The van der Waals surface area contributed by atoms with Gasteiger partial charge in [0, 0.05) is 6.04 Å². The Morgan fingerprint density at radius 3 is 2.67 bits per heavy atom.